The zero-order chi connectivity index (χ0) is 13.1. The van der Waals surface area contributed by atoms with Gasteiger partial charge in [0.05, 0.1) is 15.0 Å². The van der Waals surface area contributed by atoms with E-state index in [1.54, 1.807) is 11.8 Å². The largest absolute Gasteiger partial charge is 0.369 e. The average molecular weight is 365 g/mol. The molecule has 0 amide bonds. The second-order valence-electron chi connectivity index (χ2n) is 4.86. The third-order valence-corrected chi connectivity index (χ3v) is 3.79. The molecule has 1 heterocycles. The number of hydrogen-bond donors (Lipinski definition) is 1. The van der Waals surface area contributed by atoms with Gasteiger partial charge < -0.3 is 5.32 Å². The SMILES string of the molecule is CCNc1nc(CSC)nc(C(C)(C)C)c1I. The molecule has 1 aromatic rings. The van der Waals surface area contributed by atoms with E-state index in [2.05, 4.69) is 66.8 Å². The Morgan fingerprint density at radius 1 is 1.29 bits per heavy atom. The summed E-state index contributed by atoms with van der Waals surface area (Å²) >= 11 is 4.09. The minimum atomic E-state index is 0.0524. The molecule has 3 nitrogen and oxygen atoms in total. The summed E-state index contributed by atoms with van der Waals surface area (Å²) in [6.07, 6.45) is 2.07. The highest BCUT2D eigenvalue weighted by atomic mass is 127. The van der Waals surface area contributed by atoms with Crippen molar-refractivity contribution in [1.82, 2.24) is 9.97 Å². The molecule has 96 valence electrons. The fourth-order valence-corrected chi connectivity index (χ4v) is 3.10. The summed E-state index contributed by atoms with van der Waals surface area (Å²) < 4.78 is 1.14. The lowest BCUT2D eigenvalue weighted by Gasteiger charge is -2.22. The van der Waals surface area contributed by atoms with Crippen LogP contribution in [-0.2, 0) is 11.2 Å². The summed E-state index contributed by atoms with van der Waals surface area (Å²) in [6, 6.07) is 0. The van der Waals surface area contributed by atoms with E-state index in [1.807, 2.05) is 0 Å². The van der Waals surface area contributed by atoms with Crippen molar-refractivity contribution in [2.75, 3.05) is 18.1 Å². The summed E-state index contributed by atoms with van der Waals surface area (Å²) in [5, 5.41) is 3.32. The van der Waals surface area contributed by atoms with Gasteiger partial charge in [-0.2, -0.15) is 11.8 Å². The Morgan fingerprint density at radius 3 is 2.41 bits per heavy atom. The van der Waals surface area contributed by atoms with Crippen LogP contribution in [0.15, 0.2) is 0 Å². The molecule has 17 heavy (non-hydrogen) atoms. The van der Waals surface area contributed by atoms with Crippen molar-refractivity contribution in [1.29, 1.82) is 0 Å². The van der Waals surface area contributed by atoms with Crippen LogP contribution in [0.4, 0.5) is 5.82 Å². The molecule has 0 fully saturated rings. The van der Waals surface area contributed by atoms with E-state index >= 15 is 0 Å². The zero-order valence-electron chi connectivity index (χ0n) is 11.1. The lowest BCUT2D eigenvalue weighted by Crippen LogP contribution is -2.19. The maximum atomic E-state index is 4.70. The van der Waals surface area contributed by atoms with Gasteiger partial charge in [-0.3, -0.25) is 0 Å². The Morgan fingerprint density at radius 2 is 1.94 bits per heavy atom. The molecule has 1 rings (SSSR count). The molecule has 1 N–H and O–H groups in total. The Kier molecular flexibility index (Phi) is 5.50. The predicted molar refractivity (Wildman–Crippen MR) is 84.8 cm³/mol. The van der Waals surface area contributed by atoms with Crippen LogP contribution in [0.25, 0.3) is 0 Å². The second kappa shape index (κ2) is 6.22. The topological polar surface area (TPSA) is 37.8 Å². The van der Waals surface area contributed by atoms with Crippen LogP contribution in [0, 0.1) is 3.57 Å². The van der Waals surface area contributed by atoms with E-state index in [4.69, 9.17) is 4.98 Å². The van der Waals surface area contributed by atoms with Gasteiger partial charge in [0, 0.05) is 12.0 Å². The molecule has 0 saturated heterocycles. The molecule has 0 atom stereocenters. The summed E-state index contributed by atoms with van der Waals surface area (Å²) in [7, 11) is 0. The summed E-state index contributed by atoms with van der Waals surface area (Å²) in [6.45, 7) is 9.54. The van der Waals surface area contributed by atoms with Crippen molar-refractivity contribution in [2.45, 2.75) is 38.9 Å². The Balaban J connectivity index is 3.27. The average Bonchev–Trinajstić information content (AvgIpc) is 2.21. The lowest BCUT2D eigenvalue weighted by atomic mass is 9.92. The number of aromatic nitrogens is 2. The fraction of sp³-hybridized carbons (Fsp3) is 0.667. The van der Waals surface area contributed by atoms with Crippen LogP contribution in [0.1, 0.15) is 39.2 Å². The minimum absolute atomic E-state index is 0.0524. The molecule has 0 unspecified atom stereocenters. The van der Waals surface area contributed by atoms with Gasteiger partial charge in [-0.05, 0) is 35.8 Å². The zero-order valence-corrected chi connectivity index (χ0v) is 14.1. The lowest BCUT2D eigenvalue weighted by molar-refractivity contribution is 0.560. The predicted octanol–water partition coefficient (Wildman–Crippen LogP) is 3.67. The van der Waals surface area contributed by atoms with E-state index in [9.17, 15) is 0 Å². The van der Waals surface area contributed by atoms with Crippen molar-refractivity contribution < 1.29 is 0 Å². The van der Waals surface area contributed by atoms with E-state index < -0.39 is 0 Å². The van der Waals surface area contributed by atoms with Crippen LogP contribution in [0.3, 0.4) is 0 Å². The molecule has 0 aliphatic heterocycles. The van der Waals surface area contributed by atoms with Gasteiger partial charge in [-0.15, -0.1) is 0 Å². The molecule has 0 bridgehead atoms. The first-order valence-corrected chi connectivity index (χ1v) is 8.17. The fourth-order valence-electron chi connectivity index (χ4n) is 1.47. The van der Waals surface area contributed by atoms with Crippen LogP contribution < -0.4 is 5.32 Å². The summed E-state index contributed by atoms with van der Waals surface area (Å²) in [5.74, 6) is 2.74. The van der Waals surface area contributed by atoms with Gasteiger partial charge in [-0.25, -0.2) is 9.97 Å². The van der Waals surface area contributed by atoms with Crippen molar-refractivity contribution >= 4 is 40.2 Å². The van der Waals surface area contributed by atoms with Crippen molar-refractivity contribution in [3.8, 4) is 0 Å². The normalized spacial score (nSPS) is 11.6. The van der Waals surface area contributed by atoms with Gasteiger partial charge in [0.2, 0.25) is 0 Å². The number of hydrogen-bond acceptors (Lipinski definition) is 4. The van der Waals surface area contributed by atoms with Crippen molar-refractivity contribution in [3.05, 3.63) is 15.1 Å². The van der Waals surface area contributed by atoms with Crippen LogP contribution in [0.5, 0.6) is 0 Å². The smallest absolute Gasteiger partial charge is 0.143 e. The third-order valence-electron chi connectivity index (χ3n) is 2.23. The summed E-state index contributed by atoms with van der Waals surface area (Å²) in [5.41, 5.74) is 1.18. The Labute approximate surface area is 122 Å². The molecule has 0 spiro atoms. The molecule has 0 radical (unpaired) electrons. The standard InChI is InChI=1S/C12H20IN3S/c1-6-14-11-9(13)10(12(2,3)4)15-8(16-11)7-17-5/h6-7H2,1-5H3,(H,14,15,16). The maximum Gasteiger partial charge on any atom is 0.143 e. The maximum absolute atomic E-state index is 4.70. The van der Waals surface area contributed by atoms with Gasteiger partial charge in [0.1, 0.15) is 11.6 Å². The van der Waals surface area contributed by atoms with Crippen LogP contribution in [0.2, 0.25) is 0 Å². The van der Waals surface area contributed by atoms with Crippen LogP contribution in [-0.4, -0.2) is 22.8 Å². The number of thioether (sulfide) groups is 1. The van der Waals surface area contributed by atoms with E-state index in [-0.39, 0.29) is 5.41 Å². The molecule has 5 heteroatoms. The van der Waals surface area contributed by atoms with Crippen LogP contribution >= 0.6 is 34.4 Å². The first kappa shape index (κ1) is 15.0. The van der Waals surface area contributed by atoms with E-state index in [0.29, 0.717) is 0 Å². The van der Waals surface area contributed by atoms with Crippen molar-refractivity contribution in [3.63, 3.8) is 0 Å². The highest BCUT2D eigenvalue weighted by molar-refractivity contribution is 14.1. The molecule has 0 saturated carbocycles. The minimum Gasteiger partial charge on any atom is -0.369 e. The summed E-state index contributed by atoms with van der Waals surface area (Å²) in [4.78, 5) is 9.27. The number of anilines is 1. The number of nitrogens with zero attached hydrogens (tertiary/aromatic N) is 2. The van der Waals surface area contributed by atoms with E-state index in [1.165, 1.54) is 0 Å². The number of nitrogens with one attached hydrogen (secondary N) is 1. The number of rotatable bonds is 4. The molecule has 0 aromatic carbocycles. The molecule has 0 aliphatic carbocycles. The van der Waals surface area contributed by atoms with Gasteiger partial charge in [-0.1, -0.05) is 20.8 Å². The Hall–Kier alpha value is -0.0400. The highest BCUT2D eigenvalue weighted by Crippen LogP contribution is 2.29. The Bertz CT molecular complexity index is 388. The first-order valence-electron chi connectivity index (χ1n) is 5.69. The monoisotopic (exact) mass is 365 g/mol. The van der Waals surface area contributed by atoms with Gasteiger partial charge >= 0.3 is 0 Å². The highest BCUT2D eigenvalue weighted by Gasteiger charge is 2.22. The number of halogens is 1. The molecule has 1 aromatic heterocycles. The van der Waals surface area contributed by atoms with Crippen molar-refractivity contribution in [2.24, 2.45) is 0 Å². The van der Waals surface area contributed by atoms with Gasteiger partial charge in [0.25, 0.3) is 0 Å². The molecular weight excluding hydrogens is 345 g/mol. The quantitative estimate of drug-likeness (QED) is 0.827. The third kappa shape index (κ3) is 3.98. The van der Waals surface area contributed by atoms with Gasteiger partial charge in [0.15, 0.2) is 0 Å². The second-order valence-corrected chi connectivity index (χ2v) is 6.81. The van der Waals surface area contributed by atoms with E-state index in [0.717, 1.165) is 33.2 Å². The first-order chi connectivity index (χ1) is 7.90. The molecule has 0 aliphatic rings. The molecular formula is C12H20IN3S.